The van der Waals surface area contributed by atoms with E-state index in [1.54, 1.807) is 0 Å². The zero-order valence-corrected chi connectivity index (χ0v) is 27.6. The molecule has 2 aromatic carbocycles. The van der Waals surface area contributed by atoms with Gasteiger partial charge in [-0.05, 0) is 64.8 Å². The number of benzene rings is 2. The third-order valence-corrected chi connectivity index (χ3v) is 8.89. The molecule has 0 saturated carbocycles. The number of halogens is 6. The van der Waals surface area contributed by atoms with Crippen molar-refractivity contribution in [2.24, 2.45) is 0 Å². The molecule has 0 aliphatic carbocycles. The Hall–Kier alpha value is -5.30. The van der Waals surface area contributed by atoms with Crippen LogP contribution in [0.25, 0.3) is 0 Å². The van der Waals surface area contributed by atoms with Crippen LogP contribution in [0, 0.1) is 20.2 Å². The number of amides is 6. The Morgan fingerprint density at radius 3 is 1.20 bits per heavy atom. The number of unbranched alkanes of at least 4 members (excludes halogenated alkanes) is 4. The van der Waals surface area contributed by atoms with Crippen molar-refractivity contribution in [2.75, 3.05) is 22.9 Å². The number of rotatable bonds is 12. The lowest BCUT2D eigenvalue weighted by molar-refractivity contribution is -0.388. The van der Waals surface area contributed by atoms with E-state index in [2.05, 4.69) is 0 Å². The summed E-state index contributed by atoms with van der Waals surface area (Å²) in [4.78, 5) is 76.1. The van der Waals surface area contributed by atoms with Crippen LogP contribution in [0.15, 0.2) is 36.4 Å². The zero-order valence-electron chi connectivity index (χ0n) is 27.6. The number of imide groups is 2. The summed E-state index contributed by atoms with van der Waals surface area (Å²) in [6.07, 6.45) is -7.95. The van der Waals surface area contributed by atoms with Crippen LogP contribution in [-0.2, 0) is 21.9 Å². The number of carbonyl (C=O) groups excluding carboxylic acids is 4. The van der Waals surface area contributed by atoms with Crippen LogP contribution in [-0.4, -0.2) is 67.7 Å². The molecule has 0 radical (unpaired) electrons. The summed E-state index contributed by atoms with van der Waals surface area (Å²) in [5, 5.41) is 22.2. The predicted molar refractivity (Wildman–Crippen MR) is 167 cm³/mol. The molecule has 0 N–H and O–H groups in total. The summed E-state index contributed by atoms with van der Waals surface area (Å²) in [5.74, 6) is -1.64. The molecule has 276 valence electrons. The first-order valence-corrected chi connectivity index (χ1v) is 15.5. The highest BCUT2D eigenvalue weighted by Gasteiger charge is 2.53. The molecular weight excluding hydrogens is 698 g/mol. The lowest BCUT2D eigenvalue weighted by atomic mass is 10.0. The van der Waals surface area contributed by atoms with Crippen molar-refractivity contribution < 1.29 is 55.4 Å². The standard InChI is InChI=1S/C31H32F6N6O8/c1-28(2)24(44)40(18-10-12-22(42(48)49)20(16-18)30(32,33)34)26(46)38(28)14-8-6-5-7-9-15-39-27(47)41(25(45)29(39,3)4)19-11-13-23(43(50)51)21(17-19)31(35,36)37/h10-13,16-17H,5-9,14-15H2,1-4H3. The highest BCUT2D eigenvalue weighted by molar-refractivity contribution is 6.23. The normalized spacial score (nSPS) is 17.6. The molecule has 0 unspecified atom stereocenters. The maximum absolute atomic E-state index is 13.5. The molecule has 2 fully saturated rings. The van der Waals surface area contributed by atoms with E-state index < -0.39 is 91.0 Å². The third-order valence-electron chi connectivity index (χ3n) is 8.89. The minimum atomic E-state index is -5.12. The largest absolute Gasteiger partial charge is 0.423 e. The molecule has 0 atom stereocenters. The predicted octanol–water partition coefficient (Wildman–Crippen LogP) is 7.29. The molecule has 20 heteroatoms. The van der Waals surface area contributed by atoms with Gasteiger partial charge in [-0.2, -0.15) is 26.3 Å². The van der Waals surface area contributed by atoms with Crippen molar-refractivity contribution in [3.8, 4) is 0 Å². The lowest BCUT2D eigenvalue weighted by Gasteiger charge is -2.28. The topological polar surface area (TPSA) is 168 Å². The van der Waals surface area contributed by atoms with Gasteiger partial charge in [0.05, 0.1) is 21.2 Å². The molecule has 0 aromatic heterocycles. The molecule has 4 rings (SSSR count). The number of urea groups is 2. The summed E-state index contributed by atoms with van der Waals surface area (Å²) in [5.41, 5.74) is -9.50. The van der Waals surface area contributed by atoms with Crippen molar-refractivity contribution in [1.29, 1.82) is 0 Å². The summed E-state index contributed by atoms with van der Waals surface area (Å²) in [6.45, 7) is 5.77. The van der Waals surface area contributed by atoms with Gasteiger partial charge in [0, 0.05) is 25.2 Å². The van der Waals surface area contributed by atoms with E-state index in [4.69, 9.17) is 0 Å². The molecule has 51 heavy (non-hydrogen) atoms. The maximum atomic E-state index is 13.5. The smallest absolute Gasteiger partial charge is 0.310 e. The average Bonchev–Trinajstić information content (AvgIpc) is 3.30. The fourth-order valence-corrected chi connectivity index (χ4v) is 6.05. The molecule has 2 aromatic rings. The van der Waals surface area contributed by atoms with Crippen LogP contribution in [0.2, 0.25) is 0 Å². The van der Waals surface area contributed by atoms with E-state index in [0.717, 1.165) is 12.1 Å². The van der Waals surface area contributed by atoms with E-state index in [9.17, 15) is 65.7 Å². The molecule has 2 saturated heterocycles. The Morgan fingerprint density at radius 2 is 0.902 bits per heavy atom. The highest BCUT2D eigenvalue weighted by atomic mass is 19.4. The van der Waals surface area contributed by atoms with Crippen molar-refractivity contribution in [3.63, 3.8) is 0 Å². The van der Waals surface area contributed by atoms with Gasteiger partial charge in [0.2, 0.25) is 0 Å². The van der Waals surface area contributed by atoms with E-state index in [1.807, 2.05) is 0 Å². The van der Waals surface area contributed by atoms with Gasteiger partial charge >= 0.3 is 24.4 Å². The van der Waals surface area contributed by atoms with Gasteiger partial charge in [0.1, 0.15) is 22.2 Å². The highest BCUT2D eigenvalue weighted by Crippen LogP contribution is 2.42. The van der Waals surface area contributed by atoms with Crippen LogP contribution < -0.4 is 9.80 Å². The Bertz CT molecular complexity index is 1670. The molecular formula is C31H32F6N6O8. The SMILES string of the molecule is CC1(C)C(=O)N(c2ccc([N+](=O)[O-])c(C(F)(F)F)c2)C(=O)N1CCCCCCCN1C(=O)N(c2ccc([N+](=O)[O-])c(C(F)(F)F)c2)C(=O)C1(C)C. The monoisotopic (exact) mass is 730 g/mol. The van der Waals surface area contributed by atoms with Crippen molar-refractivity contribution in [1.82, 2.24) is 9.80 Å². The summed E-state index contributed by atoms with van der Waals surface area (Å²) in [7, 11) is 0. The second-order valence-electron chi connectivity index (χ2n) is 12.9. The van der Waals surface area contributed by atoms with Gasteiger partial charge in [0.15, 0.2) is 0 Å². The summed E-state index contributed by atoms with van der Waals surface area (Å²) < 4.78 is 81.2. The molecule has 0 bridgehead atoms. The van der Waals surface area contributed by atoms with Crippen LogP contribution in [0.4, 0.5) is 58.7 Å². The Kier molecular flexibility index (Phi) is 10.1. The number of carbonyl (C=O) groups is 4. The first-order valence-electron chi connectivity index (χ1n) is 15.5. The molecule has 0 spiro atoms. The van der Waals surface area contributed by atoms with E-state index in [1.165, 1.54) is 37.5 Å². The van der Waals surface area contributed by atoms with Crippen LogP contribution in [0.3, 0.4) is 0 Å². The fraction of sp³-hybridized carbons (Fsp3) is 0.484. The van der Waals surface area contributed by atoms with Crippen molar-refractivity contribution in [2.45, 2.75) is 83.2 Å². The third kappa shape index (κ3) is 7.16. The fourth-order valence-electron chi connectivity index (χ4n) is 6.05. The van der Waals surface area contributed by atoms with Crippen LogP contribution in [0.1, 0.15) is 70.9 Å². The molecule has 14 nitrogen and oxygen atoms in total. The quantitative estimate of drug-likeness (QED) is 0.0722. The number of nitro groups is 2. The van der Waals surface area contributed by atoms with Crippen LogP contribution in [0.5, 0.6) is 0 Å². The van der Waals surface area contributed by atoms with Gasteiger partial charge in [0.25, 0.3) is 23.2 Å². The number of anilines is 2. The summed E-state index contributed by atoms with van der Waals surface area (Å²) >= 11 is 0. The second-order valence-corrected chi connectivity index (χ2v) is 12.9. The molecule has 2 aliphatic rings. The minimum absolute atomic E-state index is 0.0451. The van der Waals surface area contributed by atoms with Crippen molar-refractivity contribution in [3.05, 3.63) is 67.8 Å². The van der Waals surface area contributed by atoms with Crippen LogP contribution >= 0.6 is 0 Å². The van der Waals surface area contributed by atoms with Gasteiger partial charge in [-0.1, -0.05) is 19.3 Å². The number of hydrogen-bond donors (Lipinski definition) is 0. The van der Waals surface area contributed by atoms with Gasteiger partial charge in [-0.15, -0.1) is 0 Å². The molecule has 6 amide bonds. The maximum Gasteiger partial charge on any atom is 0.423 e. The lowest BCUT2D eigenvalue weighted by Crippen LogP contribution is -2.44. The number of nitro benzene ring substituents is 2. The first kappa shape index (κ1) is 38.5. The Morgan fingerprint density at radius 1 is 0.588 bits per heavy atom. The number of hydrogen-bond acceptors (Lipinski definition) is 8. The van der Waals surface area contributed by atoms with Gasteiger partial charge < -0.3 is 9.80 Å². The van der Waals surface area contributed by atoms with Gasteiger partial charge in [-0.3, -0.25) is 29.8 Å². The van der Waals surface area contributed by atoms with E-state index >= 15 is 0 Å². The molecule has 2 aliphatic heterocycles. The first-order chi connectivity index (χ1) is 23.4. The Balaban J connectivity index is 1.35. The van der Waals surface area contributed by atoms with E-state index in [0.29, 0.717) is 66.2 Å². The van der Waals surface area contributed by atoms with Crippen molar-refractivity contribution >= 4 is 46.6 Å². The number of alkyl halides is 6. The second kappa shape index (κ2) is 13.4. The van der Waals surface area contributed by atoms with E-state index in [-0.39, 0.29) is 13.1 Å². The summed E-state index contributed by atoms with van der Waals surface area (Å²) in [6, 6.07) is 1.94. The Labute approximate surface area is 285 Å². The zero-order chi connectivity index (χ0) is 38.4. The molecule has 2 heterocycles. The average molecular weight is 731 g/mol. The minimum Gasteiger partial charge on any atom is -0.310 e. The number of nitrogens with zero attached hydrogens (tertiary/aromatic N) is 6. The van der Waals surface area contributed by atoms with Gasteiger partial charge in [-0.25, -0.2) is 19.4 Å².